The van der Waals surface area contributed by atoms with Crippen molar-refractivity contribution < 1.29 is 49.6 Å². The maximum atomic E-state index is 17.5. The first-order chi connectivity index (χ1) is 44.6. The zero-order valence-electron chi connectivity index (χ0n) is 46.9. The molecular weight excluding hydrogens is 1180 g/mol. The first kappa shape index (κ1) is 41.2. The Kier molecular flexibility index (Phi) is 4.45. The van der Waals surface area contributed by atoms with Gasteiger partial charge in [-0.15, -0.1) is 0 Å². The van der Waals surface area contributed by atoms with Crippen LogP contribution in [0, 0.1) is 5.41 Å². The van der Waals surface area contributed by atoms with E-state index in [1.807, 2.05) is 6.92 Å². The number of hydrogen-bond acceptors (Lipinski definition) is 4. The molecule has 0 saturated heterocycles. The van der Waals surface area contributed by atoms with Gasteiger partial charge in [0.15, 0.2) is 5.41 Å². The van der Waals surface area contributed by atoms with Crippen molar-refractivity contribution in [3.05, 3.63) is 93.5 Å². The summed E-state index contributed by atoms with van der Waals surface area (Å²) in [5.41, 5.74) is 4.53. The summed E-state index contributed by atoms with van der Waals surface area (Å²) in [6, 6.07) is 19.3. The molecule has 2 spiro atoms. The van der Waals surface area contributed by atoms with Crippen LogP contribution in [-0.2, 0) is 49.6 Å². The summed E-state index contributed by atoms with van der Waals surface area (Å²) in [6.07, 6.45) is 0. The minimum absolute atomic E-state index is 0.0685. The summed E-state index contributed by atoms with van der Waals surface area (Å²) >= 11 is 0. The van der Waals surface area contributed by atoms with Gasteiger partial charge in [0.25, 0.3) is 0 Å². The van der Waals surface area contributed by atoms with Gasteiger partial charge in [0.1, 0.15) is 19.7 Å². The number of carbonyl (C=O) groups is 2. The molecule has 0 heterocycles. The van der Waals surface area contributed by atoms with Crippen molar-refractivity contribution in [3.8, 4) is 0 Å². The van der Waals surface area contributed by atoms with E-state index in [9.17, 15) is 25.2 Å². The summed E-state index contributed by atoms with van der Waals surface area (Å²) in [7, 11) is -10.7. The van der Waals surface area contributed by atoms with E-state index in [1.165, 1.54) is 270 Å². The van der Waals surface area contributed by atoms with Crippen LogP contribution in [0.25, 0.3) is 291 Å². The summed E-state index contributed by atoms with van der Waals surface area (Å²) < 4.78 is 73.2. The van der Waals surface area contributed by atoms with Crippen LogP contribution in [0.2, 0.25) is 0 Å². The van der Waals surface area contributed by atoms with E-state index in [1.54, 1.807) is 53.9 Å². The number of carbonyl (C=O) groups excluding carboxylic acids is 2. The van der Waals surface area contributed by atoms with Gasteiger partial charge in [0.2, 0.25) is 0 Å². The topological polar surface area (TPSA) is 69.2 Å². The van der Waals surface area contributed by atoms with Crippen molar-refractivity contribution in [2.24, 2.45) is 5.41 Å². The molecule has 5 aliphatic carbocycles. The Hall–Kier alpha value is -10.2. The SMILES string of the molecule is CCOC(=O)C1(C(=O)OCc2ccc(C[NH2+]Cc3ccccc3)cc2)C23c4c5c6c7c8c9c(c%10c%11c2c2c4c4c%12c5c5c6c6c8c8c%13c9c9c%10c%10c%11c%11c2c2c4c4c%12c%12c5c5c6c8c6c8c%13c9c9c%10c%10c%11c2c2c4c4c%12c5c6c5c8c9c%10c2c45)C713.F[P-](F)(F)(F)(F)F. The van der Waals surface area contributed by atoms with E-state index < -0.39 is 36.0 Å². The molecule has 0 atom stereocenters. The fourth-order valence-corrected chi connectivity index (χ4v) is 27.5. The van der Waals surface area contributed by atoms with Crippen LogP contribution in [0.1, 0.15) is 45.9 Å². The molecule has 0 radical (unpaired) electrons. The van der Waals surface area contributed by atoms with E-state index in [0.717, 1.165) is 18.7 Å². The third kappa shape index (κ3) is 2.77. The van der Waals surface area contributed by atoms with Crippen LogP contribution >= 0.6 is 7.81 Å². The number of halogens is 6. The number of rotatable bonds is 9. The van der Waals surface area contributed by atoms with Crippen LogP contribution in [0.5, 0.6) is 0 Å². The molecule has 5 aliphatic rings. The number of hydrogen-bond donors (Lipinski definition) is 1. The molecule has 35 rings (SSSR count). The van der Waals surface area contributed by atoms with Crippen LogP contribution in [0.4, 0.5) is 25.2 Å². The molecule has 30 aromatic rings. The van der Waals surface area contributed by atoms with Crippen molar-refractivity contribution in [2.45, 2.75) is 37.5 Å². The summed E-state index contributed by atoms with van der Waals surface area (Å²) in [5.74, 6) is -0.819. The first-order valence-corrected chi connectivity index (χ1v) is 34.3. The second kappa shape index (κ2) is 9.92. The normalized spacial score (nSPS) is 22.0. The van der Waals surface area contributed by atoms with Gasteiger partial charge in [-0.25, -0.2) is 0 Å². The number of benzene rings is 20. The average molecular weight is 1210 g/mol. The number of esters is 2. The van der Waals surface area contributed by atoms with Crippen molar-refractivity contribution in [3.63, 3.8) is 0 Å². The monoisotopic (exact) mass is 1210 g/mol. The van der Waals surface area contributed by atoms with Gasteiger partial charge >= 0.3 is 44.9 Å². The van der Waals surface area contributed by atoms with E-state index in [4.69, 9.17) is 9.47 Å². The maximum absolute atomic E-state index is 17.5. The zero-order valence-corrected chi connectivity index (χ0v) is 47.8. The number of nitrogens with two attached hydrogens (primary N) is 1. The molecule has 0 amide bonds. The van der Waals surface area contributed by atoms with Gasteiger partial charge in [0.05, 0.1) is 17.4 Å². The molecule has 1 saturated carbocycles. The predicted molar refractivity (Wildman–Crippen MR) is 359 cm³/mol. The van der Waals surface area contributed by atoms with Gasteiger partial charge in [-0.1, -0.05) is 54.6 Å². The molecule has 0 aliphatic heterocycles. The Balaban J connectivity index is 0.000000617. The number of quaternary nitrogens is 1. The Bertz CT molecular complexity index is 7880. The molecule has 0 aromatic heterocycles. The van der Waals surface area contributed by atoms with Crippen LogP contribution in [0.3, 0.4) is 0 Å². The van der Waals surface area contributed by atoms with E-state index in [-0.39, 0.29) is 13.2 Å². The summed E-state index contributed by atoms with van der Waals surface area (Å²) in [5, 5.41) is 82.1. The summed E-state index contributed by atoms with van der Waals surface area (Å²) in [6.45, 7) is 3.94. The Morgan fingerprint density at radius 3 is 0.728 bits per heavy atom. The third-order valence-corrected chi connectivity index (χ3v) is 28.3. The van der Waals surface area contributed by atoms with Gasteiger partial charge in [-0.3, -0.25) is 9.59 Å². The van der Waals surface area contributed by atoms with Crippen molar-refractivity contribution in [1.82, 2.24) is 0 Å². The quantitative estimate of drug-likeness (QED) is 0.0514. The van der Waals surface area contributed by atoms with Crippen LogP contribution in [-0.4, -0.2) is 18.5 Å². The second-order valence-electron chi connectivity index (χ2n) is 30.3. The summed E-state index contributed by atoms with van der Waals surface area (Å²) in [4.78, 5) is 34.7. The van der Waals surface area contributed by atoms with E-state index >= 15 is 9.59 Å². The van der Waals surface area contributed by atoms with Crippen molar-refractivity contribution >= 4 is 311 Å². The predicted octanol–water partition coefficient (Wildman–Crippen LogP) is 21.2. The molecule has 12 heteroatoms. The van der Waals surface area contributed by atoms with Gasteiger partial charge in [-0.05, 0) is 326 Å². The van der Waals surface area contributed by atoms with E-state index in [2.05, 4.69) is 59.9 Å². The number of ether oxygens (including phenoxy) is 2. The van der Waals surface area contributed by atoms with Gasteiger partial charge < -0.3 is 14.8 Å². The van der Waals surface area contributed by atoms with Crippen molar-refractivity contribution in [2.75, 3.05) is 6.61 Å². The Morgan fingerprint density at radius 1 is 0.304 bits per heavy atom. The van der Waals surface area contributed by atoms with E-state index in [0.29, 0.717) is 0 Å². The molecule has 92 heavy (non-hydrogen) atoms. The fraction of sp³-hybridized carbons (Fsp3) is 0.100. The first-order valence-electron chi connectivity index (χ1n) is 32.2. The van der Waals surface area contributed by atoms with Crippen LogP contribution in [0.15, 0.2) is 54.6 Å². The van der Waals surface area contributed by atoms with Crippen LogP contribution < -0.4 is 5.32 Å². The molecule has 0 unspecified atom stereocenters. The Morgan fingerprint density at radius 2 is 0.500 bits per heavy atom. The molecule has 30 aromatic carbocycles. The van der Waals surface area contributed by atoms with Crippen molar-refractivity contribution in [1.29, 1.82) is 0 Å². The molecule has 5 nitrogen and oxygen atoms in total. The molecule has 418 valence electrons. The molecular formula is C80H22F6NO4P. The zero-order chi connectivity index (χ0) is 58.6. The Labute approximate surface area is 500 Å². The third-order valence-electron chi connectivity index (χ3n) is 28.3. The standard InChI is InChI=1S/C80H21NO4.F6P/c1-2-84-76(82)80(77(83)85-14-17-10-8-16(9-11-17)13-81-12-15-6-4-3-5-7-15)78-72-64-56-46-36-28-20-18-19-22-26-24(20)32-40-34(26)44-38-30(22)31-23(19)27-25-21(18)29(28)37-43-33(25)41-35(27)45-39(31)49-48(38)58-52(44)62-54(40)60(50(56)42(32)36)68(72)70(62)74-66(58)67-59(49)53(45)63-55(41)61-51(43)57(47(37)46)65(64)73(78)69(61)71(63)75(67)79(74,78)80;1-7(2,3,4,5)6/h3-11,81H,2,12-14H2,1H3;/q;-1/p+1. The van der Waals surface area contributed by atoms with Gasteiger partial charge in [0, 0.05) is 11.1 Å². The average Bonchev–Trinajstić information content (AvgIpc) is 1.36. The second-order valence-corrected chi connectivity index (χ2v) is 32.2. The fourth-order valence-electron chi connectivity index (χ4n) is 27.5. The molecule has 1 fully saturated rings. The minimum atomic E-state index is -10.7. The van der Waals surface area contributed by atoms with Gasteiger partial charge in [-0.2, -0.15) is 0 Å². The molecule has 0 bridgehead atoms. The molecule has 2 N–H and O–H groups in total.